The molecule has 2 saturated heterocycles. The third kappa shape index (κ3) is 2.54. The van der Waals surface area contributed by atoms with Crippen molar-refractivity contribution >= 4 is 28.7 Å². The Morgan fingerprint density at radius 2 is 2.17 bits per heavy atom. The molecular formula is C17H21N5O2. The van der Waals surface area contributed by atoms with Gasteiger partial charge in [-0.2, -0.15) is 5.10 Å². The number of imide groups is 1. The number of benzene rings is 1. The van der Waals surface area contributed by atoms with Crippen LogP contribution in [0.25, 0.3) is 10.9 Å². The van der Waals surface area contributed by atoms with Gasteiger partial charge in [0.2, 0.25) is 5.91 Å². The van der Waals surface area contributed by atoms with E-state index in [0.29, 0.717) is 24.7 Å². The summed E-state index contributed by atoms with van der Waals surface area (Å²) in [5, 5.41) is 11.3. The molecule has 1 atom stereocenters. The molecule has 126 valence electrons. The SMILES string of the molecule is Cn1nc(N2CCC(=O)NC2=O)c2ccc(C3CCCNC3)cc21. The Labute approximate surface area is 140 Å². The van der Waals surface area contributed by atoms with Crippen LogP contribution < -0.4 is 15.5 Å². The zero-order chi connectivity index (χ0) is 16.7. The van der Waals surface area contributed by atoms with Gasteiger partial charge < -0.3 is 5.32 Å². The summed E-state index contributed by atoms with van der Waals surface area (Å²) in [4.78, 5) is 25.0. The minimum absolute atomic E-state index is 0.233. The molecule has 1 unspecified atom stereocenters. The van der Waals surface area contributed by atoms with E-state index in [1.54, 1.807) is 4.90 Å². The first-order valence-corrected chi connectivity index (χ1v) is 8.42. The summed E-state index contributed by atoms with van der Waals surface area (Å²) >= 11 is 0. The molecule has 3 heterocycles. The molecule has 2 N–H and O–H groups in total. The highest BCUT2D eigenvalue weighted by molar-refractivity contribution is 6.08. The average molecular weight is 327 g/mol. The Balaban J connectivity index is 1.71. The van der Waals surface area contributed by atoms with Crippen LogP contribution in [0.15, 0.2) is 18.2 Å². The first-order chi connectivity index (χ1) is 11.6. The number of carbonyl (C=O) groups is 2. The van der Waals surface area contributed by atoms with Crippen molar-refractivity contribution in [1.29, 1.82) is 0 Å². The van der Waals surface area contributed by atoms with Gasteiger partial charge >= 0.3 is 6.03 Å². The molecule has 0 radical (unpaired) electrons. The van der Waals surface area contributed by atoms with Crippen LogP contribution >= 0.6 is 0 Å². The van der Waals surface area contributed by atoms with Gasteiger partial charge in [-0.25, -0.2) is 4.79 Å². The van der Waals surface area contributed by atoms with Crippen molar-refractivity contribution in [2.24, 2.45) is 7.05 Å². The Bertz CT molecular complexity index is 807. The predicted octanol–water partition coefficient (Wildman–Crippen LogP) is 1.49. The molecular weight excluding hydrogens is 306 g/mol. The number of urea groups is 1. The van der Waals surface area contributed by atoms with E-state index in [4.69, 9.17) is 0 Å². The molecule has 3 amide bonds. The van der Waals surface area contributed by atoms with Gasteiger partial charge in [-0.3, -0.25) is 19.7 Å². The van der Waals surface area contributed by atoms with Crippen molar-refractivity contribution in [2.45, 2.75) is 25.2 Å². The number of nitrogens with zero attached hydrogens (tertiary/aromatic N) is 3. The normalized spacial score (nSPS) is 22.0. The zero-order valence-electron chi connectivity index (χ0n) is 13.7. The fourth-order valence-corrected chi connectivity index (χ4v) is 3.61. The smallest absolute Gasteiger partial charge is 0.316 e. The van der Waals surface area contributed by atoms with Crippen LogP contribution in [0.4, 0.5) is 10.6 Å². The van der Waals surface area contributed by atoms with Crippen molar-refractivity contribution < 1.29 is 9.59 Å². The van der Waals surface area contributed by atoms with Crippen molar-refractivity contribution in [2.75, 3.05) is 24.5 Å². The van der Waals surface area contributed by atoms with Crippen LogP contribution in [0.1, 0.15) is 30.7 Å². The molecule has 4 rings (SSSR count). The minimum Gasteiger partial charge on any atom is -0.316 e. The lowest BCUT2D eigenvalue weighted by Gasteiger charge is -2.25. The number of hydrogen-bond donors (Lipinski definition) is 2. The number of fused-ring (bicyclic) bond motifs is 1. The van der Waals surface area contributed by atoms with Gasteiger partial charge in [0.05, 0.1) is 5.52 Å². The van der Waals surface area contributed by atoms with Crippen molar-refractivity contribution in [3.05, 3.63) is 23.8 Å². The van der Waals surface area contributed by atoms with Crippen molar-refractivity contribution in [1.82, 2.24) is 20.4 Å². The number of anilines is 1. The zero-order valence-corrected chi connectivity index (χ0v) is 13.7. The summed E-state index contributed by atoms with van der Waals surface area (Å²) < 4.78 is 1.81. The van der Waals surface area contributed by atoms with E-state index in [1.165, 1.54) is 18.4 Å². The summed E-state index contributed by atoms with van der Waals surface area (Å²) in [5.74, 6) is 0.909. The number of rotatable bonds is 2. The van der Waals surface area contributed by atoms with E-state index < -0.39 is 6.03 Å². The summed E-state index contributed by atoms with van der Waals surface area (Å²) in [6.07, 6.45) is 2.69. The summed E-state index contributed by atoms with van der Waals surface area (Å²) in [5.41, 5.74) is 2.32. The van der Waals surface area contributed by atoms with E-state index >= 15 is 0 Å². The van der Waals surface area contributed by atoms with Crippen LogP contribution in [0.2, 0.25) is 0 Å². The molecule has 24 heavy (non-hydrogen) atoms. The lowest BCUT2D eigenvalue weighted by atomic mass is 9.91. The number of amides is 3. The number of aryl methyl sites for hydroxylation is 1. The molecule has 2 aromatic rings. The molecule has 1 aromatic heterocycles. The number of hydrogen-bond acceptors (Lipinski definition) is 4. The van der Waals surface area contributed by atoms with Crippen LogP contribution in [-0.2, 0) is 11.8 Å². The summed E-state index contributed by atoms with van der Waals surface area (Å²) in [6.45, 7) is 2.47. The van der Waals surface area contributed by atoms with E-state index in [9.17, 15) is 9.59 Å². The van der Waals surface area contributed by atoms with Gasteiger partial charge in [-0.15, -0.1) is 0 Å². The van der Waals surface area contributed by atoms with Crippen LogP contribution in [0.3, 0.4) is 0 Å². The molecule has 0 saturated carbocycles. The topological polar surface area (TPSA) is 79.3 Å². The van der Waals surface area contributed by atoms with Gasteiger partial charge in [-0.05, 0) is 43.0 Å². The standard InChI is InChI=1S/C17H21N5O2/c1-21-14-9-11(12-3-2-7-18-10-12)4-5-13(14)16(20-21)22-8-6-15(23)19-17(22)24/h4-5,9,12,18H,2-3,6-8,10H2,1H3,(H,19,23,24). The molecule has 7 heteroatoms. The highest BCUT2D eigenvalue weighted by Crippen LogP contribution is 2.31. The molecule has 7 nitrogen and oxygen atoms in total. The van der Waals surface area contributed by atoms with Crippen LogP contribution in [0.5, 0.6) is 0 Å². The van der Waals surface area contributed by atoms with E-state index in [2.05, 4.69) is 27.9 Å². The predicted molar refractivity (Wildman–Crippen MR) is 91.1 cm³/mol. The third-order valence-corrected chi connectivity index (χ3v) is 4.93. The fraction of sp³-hybridized carbons (Fsp3) is 0.471. The quantitative estimate of drug-likeness (QED) is 0.876. The lowest BCUT2D eigenvalue weighted by Crippen LogP contribution is -2.49. The molecule has 1 aromatic carbocycles. The van der Waals surface area contributed by atoms with Gasteiger partial charge in [-0.1, -0.05) is 6.07 Å². The second-order valence-electron chi connectivity index (χ2n) is 6.52. The number of piperidine rings is 1. The number of nitrogens with one attached hydrogen (secondary N) is 2. The van der Waals surface area contributed by atoms with Crippen molar-refractivity contribution in [3.63, 3.8) is 0 Å². The summed E-state index contributed by atoms with van der Waals surface area (Å²) in [6, 6.07) is 5.96. The Morgan fingerprint density at radius 1 is 1.29 bits per heavy atom. The molecule has 0 aliphatic carbocycles. The first kappa shape index (κ1) is 15.1. The second-order valence-corrected chi connectivity index (χ2v) is 6.52. The Kier molecular flexibility index (Phi) is 3.72. The van der Waals surface area contributed by atoms with Gasteiger partial charge in [0.1, 0.15) is 0 Å². The Hall–Kier alpha value is -2.41. The first-order valence-electron chi connectivity index (χ1n) is 8.42. The maximum Gasteiger partial charge on any atom is 0.329 e. The molecule has 2 aliphatic heterocycles. The van der Waals surface area contributed by atoms with Gasteiger partial charge in [0.25, 0.3) is 0 Å². The van der Waals surface area contributed by atoms with E-state index in [-0.39, 0.29) is 5.91 Å². The minimum atomic E-state index is -0.396. The number of aromatic nitrogens is 2. The Morgan fingerprint density at radius 3 is 2.92 bits per heavy atom. The number of carbonyl (C=O) groups excluding carboxylic acids is 2. The van der Waals surface area contributed by atoms with Crippen LogP contribution in [-0.4, -0.2) is 41.4 Å². The molecule has 2 aliphatic rings. The highest BCUT2D eigenvalue weighted by Gasteiger charge is 2.28. The fourth-order valence-electron chi connectivity index (χ4n) is 3.61. The van der Waals surface area contributed by atoms with E-state index in [0.717, 1.165) is 24.0 Å². The highest BCUT2D eigenvalue weighted by atomic mass is 16.2. The third-order valence-electron chi connectivity index (χ3n) is 4.93. The van der Waals surface area contributed by atoms with Crippen LogP contribution in [0, 0.1) is 0 Å². The molecule has 2 fully saturated rings. The molecule has 0 bridgehead atoms. The van der Waals surface area contributed by atoms with Crippen molar-refractivity contribution in [3.8, 4) is 0 Å². The molecule has 0 spiro atoms. The van der Waals surface area contributed by atoms with E-state index in [1.807, 2.05) is 17.8 Å². The van der Waals surface area contributed by atoms with Gasteiger partial charge in [0, 0.05) is 31.9 Å². The maximum absolute atomic E-state index is 12.1. The van der Waals surface area contributed by atoms with Gasteiger partial charge in [0.15, 0.2) is 5.82 Å². The average Bonchev–Trinajstić information content (AvgIpc) is 2.92. The monoisotopic (exact) mass is 327 g/mol. The largest absolute Gasteiger partial charge is 0.329 e. The summed E-state index contributed by atoms with van der Waals surface area (Å²) in [7, 11) is 1.89. The lowest BCUT2D eigenvalue weighted by molar-refractivity contribution is -0.120. The maximum atomic E-state index is 12.1. The second kappa shape index (κ2) is 5.90.